The van der Waals surface area contributed by atoms with Gasteiger partial charge in [-0.3, -0.25) is 14.6 Å². The van der Waals surface area contributed by atoms with Crippen LogP contribution in [0.15, 0.2) is 29.9 Å². The minimum absolute atomic E-state index is 0.0619. The van der Waals surface area contributed by atoms with Gasteiger partial charge in [0.2, 0.25) is 11.8 Å². The van der Waals surface area contributed by atoms with Crippen molar-refractivity contribution in [2.45, 2.75) is 33.2 Å². The summed E-state index contributed by atoms with van der Waals surface area (Å²) in [4.78, 5) is 34.4. The van der Waals surface area contributed by atoms with E-state index in [-0.39, 0.29) is 30.8 Å². The Morgan fingerprint density at radius 2 is 2.17 bits per heavy atom. The molecule has 6 nitrogen and oxygen atoms in total. The Balaban J connectivity index is 1.98. The third kappa shape index (κ3) is 5.13. The van der Waals surface area contributed by atoms with Crippen LogP contribution in [0.1, 0.15) is 26.5 Å². The van der Waals surface area contributed by atoms with Gasteiger partial charge in [-0.25, -0.2) is 4.98 Å². The number of hydrogen-bond acceptors (Lipinski definition) is 5. The van der Waals surface area contributed by atoms with Crippen molar-refractivity contribution in [2.24, 2.45) is 0 Å². The molecule has 0 aliphatic carbocycles. The molecule has 1 N–H and O–H groups in total. The summed E-state index contributed by atoms with van der Waals surface area (Å²) in [7, 11) is 0. The van der Waals surface area contributed by atoms with Crippen molar-refractivity contribution < 1.29 is 9.59 Å². The molecule has 0 saturated heterocycles. The third-order valence-corrected chi connectivity index (χ3v) is 4.25. The Bertz CT molecular complexity index is 685. The number of carbonyl (C=O) groups excluding carboxylic acids is 2. The molecule has 0 saturated carbocycles. The average molecular weight is 346 g/mol. The summed E-state index contributed by atoms with van der Waals surface area (Å²) in [6.45, 7) is 6.22. The lowest BCUT2D eigenvalue weighted by Gasteiger charge is -2.20. The van der Waals surface area contributed by atoms with Gasteiger partial charge in [-0.2, -0.15) is 0 Å². The summed E-state index contributed by atoms with van der Waals surface area (Å²) in [6.07, 6.45) is 3.65. The van der Waals surface area contributed by atoms with E-state index in [1.54, 1.807) is 17.3 Å². The van der Waals surface area contributed by atoms with Gasteiger partial charge in [0.1, 0.15) is 5.01 Å². The molecule has 0 aliphatic heterocycles. The zero-order chi connectivity index (χ0) is 17.5. The van der Waals surface area contributed by atoms with Crippen molar-refractivity contribution >= 4 is 23.2 Å². The molecule has 128 valence electrons. The summed E-state index contributed by atoms with van der Waals surface area (Å²) in [6, 6.07) is 3.85. The first-order chi connectivity index (χ1) is 11.5. The number of nitrogens with one attached hydrogen (secondary N) is 1. The minimum atomic E-state index is -0.144. The molecule has 0 aromatic carbocycles. The molecular formula is C17H22N4O2S. The van der Waals surface area contributed by atoms with E-state index in [9.17, 15) is 9.59 Å². The molecule has 24 heavy (non-hydrogen) atoms. The smallest absolute Gasteiger partial charge is 0.239 e. The van der Waals surface area contributed by atoms with Crippen LogP contribution in [-0.2, 0) is 16.0 Å². The number of hydrogen-bond donors (Lipinski definition) is 1. The van der Waals surface area contributed by atoms with Gasteiger partial charge < -0.3 is 10.2 Å². The lowest BCUT2D eigenvalue weighted by atomic mass is 10.2. The lowest BCUT2D eigenvalue weighted by Crippen LogP contribution is -2.43. The lowest BCUT2D eigenvalue weighted by molar-refractivity contribution is -0.135. The predicted octanol–water partition coefficient (Wildman–Crippen LogP) is 2.12. The zero-order valence-electron chi connectivity index (χ0n) is 14.2. The van der Waals surface area contributed by atoms with Gasteiger partial charge in [-0.1, -0.05) is 0 Å². The topological polar surface area (TPSA) is 75.2 Å². The highest BCUT2D eigenvalue weighted by molar-refractivity contribution is 7.13. The first-order valence-electron chi connectivity index (χ1n) is 7.91. The second-order valence-electron chi connectivity index (χ2n) is 5.69. The van der Waals surface area contributed by atoms with E-state index in [1.165, 1.54) is 11.3 Å². The minimum Gasteiger partial charge on any atom is -0.352 e. The number of aromatic nitrogens is 2. The average Bonchev–Trinajstić information content (AvgIpc) is 3.01. The van der Waals surface area contributed by atoms with Crippen molar-refractivity contribution in [1.82, 2.24) is 20.2 Å². The largest absolute Gasteiger partial charge is 0.352 e. The Morgan fingerprint density at radius 1 is 1.38 bits per heavy atom. The van der Waals surface area contributed by atoms with Crippen LogP contribution in [-0.4, -0.2) is 45.8 Å². The molecule has 2 aromatic rings. The number of carbonyl (C=O) groups is 2. The third-order valence-electron chi connectivity index (χ3n) is 3.31. The van der Waals surface area contributed by atoms with Crippen molar-refractivity contribution in [3.8, 4) is 10.6 Å². The maximum atomic E-state index is 12.4. The fourth-order valence-corrected chi connectivity index (χ4v) is 3.00. The predicted molar refractivity (Wildman–Crippen MR) is 94.6 cm³/mol. The monoisotopic (exact) mass is 346 g/mol. The molecule has 0 aliphatic rings. The van der Waals surface area contributed by atoms with Crippen molar-refractivity contribution in [1.29, 1.82) is 0 Å². The Labute approximate surface area is 145 Å². The highest BCUT2D eigenvalue weighted by Crippen LogP contribution is 2.22. The van der Waals surface area contributed by atoms with Gasteiger partial charge in [0.05, 0.1) is 18.7 Å². The van der Waals surface area contributed by atoms with E-state index in [0.717, 1.165) is 10.6 Å². The highest BCUT2D eigenvalue weighted by Gasteiger charge is 2.18. The van der Waals surface area contributed by atoms with Gasteiger partial charge >= 0.3 is 0 Å². The molecule has 0 radical (unpaired) electrons. The SMILES string of the molecule is CCN(CC(=O)NC(C)C)C(=O)Cc1csc(-c2cccnc2)n1. The standard InChI is InChI=1S/C17H22N4O2S/c1-4-21(10-15(22)19-12(2)3)16(23)8-14-11-24-17(20-14)13-6-5-7-18-9-13/h5-7,9,11-12H,4,8,10H2,1-3H3,(H,19,22). The van der Waals surface area contributed by atoms with Crippen LogP contribution >= 0.6 is 11.3 Å². The number of amides is 2. The van der Waals surface area contributed by atoms with Gasteiger partial charge in [-0.05, 0) is 32.9 Å². The van der Waals surface area contributed by atoms with Crippen LogP contribution in [0.4, 0.5) is 0 Å². The molecule has 0 unspecified atom stereocenters. The van der Waals surface area contributed by atoms with Gasteiger partial charge in [0.15, 0.2) is 0 Å². The first-order valence-corrected chi connectivity index (χ1v) is 8.79. The molecule has 0 atom stereocenters. The molecule has 2 amide bonds. The summed E-state index contributed by atoms with van der Waals surface area (Å²) in [5.41, 5.74) is 1.65. The molecule has 0 bridgehead atoms. The normalized spacial score (nSPS) is 10.7. The number of thiazole rings is 1. The Hall–Kier alpha value is -2.28. The molecule has 7 heteroatoms. The van der Waals surface area contributed by atoms with E-state index in [1.807, 2.05) is 38.3 Å². The summed E-state index contributed by atoms with van der Waals surface area (Å²) >= 11 is 1.49. The molecule has 2 rings (SSSR count). The van der Waals surface area contributed by atoms with Crippen LogP contribution in [0.5, 0.6) is 0 Å². The summed E-state index contributed by atoms with van der Waals surface area (Å²) in [5, 5.41) is 5.52. The molecular weight excluding hydrogens is 324 g/mol. The Morgan fingerprint density at radius 3 is 2.79 bits per heavy atom. The fourth-order valence-electron chi connectivity index (χ4n) is 2.19. The van der Waals surface area contributed by atoms with E-state index >= 15 is 0 Å². The summed E-state index contributed by atoms with van der Waals surface area (Å²) < 4.78 is 0. The maximum absolute atomic E-state index is 12.4. The molecule has 2 heterocycles. The van der Waals surface area contributed by atoms with E-state index < -0.39 is 0 Å². The van der Waals surface area contributed by atoms with E-state index in [0.29, 0.717) is 12.2 Å². The quantitative estimate of drug-likeness (QED) is 0.833. The Kier molecular flexibility index (Phi) is 6.43. The van der Waals surface area contributed by atoms with Crippen molar-refractivity contribution in [3.63, 3.8) is 0 Å². The van der Waals surface area contributed by atoms with Gasteiger partial charge in [0.25, 0.3) is 0 Å². The number of rotatable bonds is 7. The summed E-state index contributed by atoms with van der Waals surface area (Å²) in [5.74, 6) is -0.242. The van der Waals surface area contributed by atoms with Crippen molar-refractivity contribution in [3.05, 3.63) is 35.6 Å². The molecule has 0 fully saturated rings. The second-order valence-corrected chi connectivity index (χ2v) is 6.55. The van der Waals surface area contributed by atoms with Crippen LogP contribution in [0.3, 0.4) is 0 Å². The fraction of sp³-hybridized carbons (Fsp3) is 0.412. The number of pyridine rings is 1. The maximum Gasteiger partial charge on any atom is 0.239 e. The first kappa shape index (κ1) is 18.1. The number of likely N-dealkylation sites (N-methyl/N-ethyl adjacent to an activating group) is 1. The molecule has 2 aromatic heterocycles. The van der Waals surface area contributed by atoms with Crippen LogP contribution in [0.25, 0.3) is 10.6 Å². The van der Waals surface area contributed by atoms with Gasteiger partial charge in [-0.15, -0.1) is 11.3 Å². The molecule has 0 spiro atoms. The van der Waals surface area contributed by atoms with Crippen LogP contribution in [0, 0.1) is 0 Å². The van der Waals surface area contributed by atoms with Crippen LogP contribution < -0.4 is 5.32 Å². The van der Waals surface area contributed by atoms with E-state index in [4.69, 9.17) is 0 Å². The van der Waals surface area contributed by atoms with Gasteiger partial charge in [0, 0.05) is 35.9 Å². The van der Waals surface area contributed by atoms with Crippen LogP contribution in [0.2, 0.25) is 0 Å². The van der Waals surface area contributed by atoms with E-state index in [2.05, 4.69) is 15.3 Å². The van der Waals surface area contributed by atoms with Crippen molar-refractivity contribution in [2.75, 3.05) is 13.1 Å². The second kappa shape index (κ2) is 8.54. The number of nitrogens with zero attached hydrogens (tertiary/aromatic N) is 3. The zero-order valence-corrected chi connectivity index (χ0v) is 15.0. The highest BCUT2D eigenvalue weighted by atomic mass is 32.1.